The molecular formula is C25H25N3O2. The van der Waals surface area contributed by atoms with E-state index in [4.69, 9.17) is 4.74 Å². The lowest BCUT2D eigenvalue weighted by molar-refractivity contribution is -0.118. The summed E-state index contributed by atoms with van der Waals surface area (Å²) < 4.78 is 5.57. The maximum Gasteiger partial charge on any atom is 0.262 e. The Morgan fingerprint density at radius 2 is 1.80 bits per heavy atom. The summed E-state index contributed by atoms with van der Waals surface area (Å²) in [6.45, 7) is 4.04. The number of carbonyl (C=O) groups is 1. The van der Waals surface area contributed by atoms with Crippen LogP contribution in [0, 0.1) is 13.8 Å². The average molecular weight is 399 g/mol. The van der Waals surface area contributed by atoms with E-state index < -0.39 is 0 Å². The van der Waals surface area contributed by atoms with Gasteiger partial charge in [-0.3, -0.25) is 4.79 Å². The second-order valence-electron chi connectivity index (χ2n) is 7.56. The Bertz CT molecular complexity index is 1180. The summed E-state index contributed by atoms with van der Waals surface area (Å²) in [5.74, 6) is 1.48. The number of carbonyl (C=O) groups excluding carboxylic acids is 1. The molecule has 1 aromatic heterocycles. The van der Waals surface area contributed by atoms with Crippen LogP contribution in [-0.2, 0) is 17.6 Å². The Hall–Kier alpha value is -3.60. The fourth-order valence-corrected chi connectivity index (χ4v) is 3.41. The molecule has 0 spiro atoms. The van der Waals surface area contributed by atoms with Crippen LogP contribution >= 0.6 is 0 Å². The van der Waals surface area contributed by atoms with Crippen molar-refractivity contribution in [1.29, 1.82) is 0 Å². The van der Waals surface area contributed by atoms with Crippen LogP contribution in [0.2, 0.25) is 0 Å². The monoisotopic (exact) mass is 399 g/mol. The predicted octanol–water partition coefficient (Wildman–Crippen LogP) is 4.98. The second-order valence-corrected chi connectivity index (χ2v) is 7.56. The highest BCUT2D eigenvalue weighted by atomic mass is 16.5. The van der Waals surface area contributed by atoms with Crippen molar-refractivity contribution in [3.05, 3.63) is 89.2 Å². The van der Waals surface area contributed by atoms with Crippen molar-refractivity contribution < 1.29 is 9.53 Å². The third-order valence-corrected chi connectivity index (χ3v) is 4.91. The number of hydrogen-bond donors (Lipinski definition) is 2. The number of ether oxygens (including phenoxy) is 1. The molecule has 3 aromatic carbocycles. The minimum atomic E-state index is -0.179. The Morgan fingerprint density at radius 1 is 0.967 bits per heavy atom. The van der Waals surface area contributed by atoms with E-state index in [0.29, 0.717) is 5.75 Å². The van der Waals surface area contributed by atoms with Gasteiger partial charge in [-0.1, -0.05) is 30.3 Å². The summed E-state index contributed by atoms with van der Waals surface area (Å²) in [5.41, 5.74) is 6.28. The number of nitrogens with zero attached hydrogens (tertiary/aromatic N) is 1. The van der Waals surface area contributed by atoms with Gasteiger partial charge in [-0.2, -0.15) is 0 Å². The van der Waals surface area contributed by atoms with Gasteiger partial charge in [0.2, 0.25) is 0 Å². The van der Waals surface area contributed by atoms with E-state index in [0.717, 1.165) is 46.5 Å². The van der Waals surface area contributed by atoms with Crippen molar-refractivity contribution in [2.75, 3.05) is 11.9 Å². The largest absolute Gasteiger partial charge is 0.484 e. The quantitative estimate of drug-likeness (QED) is 0.460. The highest BCUT2D eigenvalue weighted by Crippen LogP contribution is 2.17. The molecule has 0 atom stereocenters. The number of imidazole rings is 1. The van der Waals surface area contributed by atoms with E-state index in [9.17, 15) is 4.79 Å². The predicted molar refractivity (Wildman–Crippen MR) is 120 cm³/mol. The standard InChI is InChI=1S/C25H25N3O2/c1-17-5-3-8-21(13-17)30-16-25(29)26-20-7-4-6-19(15-20)10-12-24-27-22-11-9-18(2)14-23(22)28-24/h3-9,11,13-15H,10,12,16H2,1-2H3,(H,26,29)(H,27,28). The maximum absolute atomic E-state index is 12.2. The summed E-state index contributed by atoms with van der Waals surface area (Å²) in [6, 6.07) is 21.8. The number of nitrogens with one attached hydrogen (secondary N) is 2. The molecule has 0 saturated carbocycles. The minimum Gasteiger partial charge on any atom is -0.484 e. The van der Waals surface area contributed by atoms with Gasteiger partial charge in [0.1, 0.15) is 11.6 Å². The number of aryl methyl sites for hydroxylation is 4. The zero-order valence-electron chi connectivity index (χ0n) is 17.2. The van der Waals surface area contributed by atoms with Crippen LogP contribution < -0.4 is 10.1 Å². The van der Waals surface area contributed by atoms with Crippen LogP contribution in [0.4, 0.5) is 5.69 Å². The molecule has 0 radical (unpaired) electrons. The lowest BCUT2D eigenvalue weighted by Crippen LogP contribution is -2.20. The summed E-state index contributed by atoms with van der Waals surface area (Å²) in [7, 11) is 0. The van der Waals surface area contributed by atoms with Crippen molar-refractivity contribution in [1.82, 2.24) is 9.97 Å². The number of aromatic amines is 1. The summed E-state index contributed by atoms with van der Waals surface area (Å²) in [4.78, 5) is 20.3. The minimum absolute atomic E-state index is 0.0217. The topological polar surface area (TPSA) is 67.0 Å². The van der Waals surface area contributed by atoms with Crippen LogP contribution in [0.3, 0.4) is 0 Å². The molecule has 0 saturated heterocycles. The number of benzene rings is 3. The smallest absolute Gasteiger partial charge is 0.262 e. The number of H-pyrrole nitrogens is 1. The van der Waals surface area contributed by atoms with Crippen LogP contribution in [-0.4, -0.2) is 22.5 Å². The van der Waals surface area contributed by atoms with Gasteiger partial charge in [-0.15, -0.1) is 0 Å². The van der Waals surface area contributed by atoms with Crippen molar-refractivity contribution in [3.63, 3.8) is 0 Å². The van der Waals surface area contributed by atoms with E-state index in [-0.39, 0.29) is 12.5 Å². The molecular weight excluding hydrogens is 374 g/mol. The lowest BCUT2D eigenvalue weighted by atomic mass is 10.1. The van der Waals surface area contributed by atoms with E-state index in [2.05, 4.69) is 40.4 Å². The van der Waals surface area contributed by atoms with Crippen LogP contribution in [0.1, 0.15) is 22.5 Å². The van der Waals surface area contributed by atoms with Crippen molar-refractivity contribution in [3.8, 4) is 5.75 Å². The molecule has 4 aromatic rings. The Kier molecular flexibility index (Phi) is 5.80. The molecule has 2 N–H and O–H groups in total. The summed E-state index contributed by atoms with van der Waals surface area (Å²) in [5, 5.41) is 2.91. The first-order valence-corrected chi connectivity index (χ1v) is 10.1. The number of fused-ring (bicyclic) bond motifs is 1. The molecule has 4 rings (SSSR count). The number of aromatic nitrogens is 2. The van der Waals surface area contributed by atoms with E-state index in [1.54, 1.807) is 0 Å². The van der Waals surface area contributed by atoms with Crippen molar-refractivity contribution in [2.45, 2.75) is 26.7 Å². The van der Waals surface area contributed by atoms with Gasteiger partial charge in [0.25, 0.3) is 5.91 Å². The van der Waals surface area contributed by atoms with Crippen LogP contribution in [0.15, 0.2) is 66.7 Å². The average Bonchev–Trinajstić information content (AvgIpc) is 3.13. The fourth-order valence-electron chi connectivity index (χ4n) is 3.41. The maximum atomic E-state index is 12.2. The first-order valence-electron chi connectivity index (χ1n) is 10.1. The fraction of sp³-hybridized carbons (Fsp3) is 0.200. The van der Waals surface area contributed by atoms with Gasteiger partial charge >= 0.3 is 0 Å². The van der Waals surface area contributed by atoms with Gasteiger partial charge in [-0.25, -0.2) is 4.98 Å². The number of hydrogen-bond acceptors (Lipinski definition) is 3. The van der Waals surface area contributed by atoms with Gasteiger partial charge in [0.15, 0.2) is 6.61 Å². The van der Waals surface area contributed by atoms with Crippen LogP contribution in [0.5, 0.6) is 5.75 Å². The van der Waals surface area contributed by atoms with E-state index in [1.165, 1.54) is 5.56 Å². The Balaban J connectivity index is 1.33. The lowest BCUT2D eigenvalue weighted by Gasteiger charge is -2.09. The molecule has 5 nitrogen and oxygen atoms in total. The zero-order valence-corrected chi connectivity index (χ0v) is 17.2. The number of rotatable bonds is 7. The molecule has 30 heavy (non-hydrogen) atoms. The second kappa shape index (κ2) is 8.82. The Morgan fingerprint density at radius 3 is 2.67 bits per heavy atom. The van der Waals surface area contributed by atoms with Gasteiger partial charge in [-0.05, 0) is 73.4 Å². The molecule has 0 unspecified atom stereocenters. The van der Waals surface area contributed by atoms with Gasteiger partial charge in [0, 0.05) is 12.1 Å². The highest BCUT2D eigenvalue weighted by Gasteiger charge is 2.07. The molecule has 5 heteroatoms. The number of anilines is 1. The van der Waals surface area contributed by atoms with E-state index in [1.807, 2.05) is 55.5 Å². The highest BCUT2D eigenvalue weighted by molar-refractivity contribution is 5.91. The third kappa shape index (κ3) is 5.06. The molecule has 0 aliphatic heterocycles. The SMILES string of the molecule is Cc1cccc(OCC(=O)Nc2cccc(CCc3nc4ccc(C)cc4[nH]3)c2)c1. The molecule has 1 amide bonds. The molecule has 0 aliphatic rings. The first-order chi connectivity index (χ1) is 14.5. The van der Waals surface area contributed by atoms with Crippen molar-refractivity contribution >= 4 is 22.6 Å². The molecule has 0 bridgehead atoms. The van der Waals surface area contributed by atoms with Gasteiger partial charge < -0.3 is 15.0 Å². The molecule has 0 aliphatic carbocycles. The number of amides is 1. The first kappa shape index (κ1) is 19.7. The Labute approximate surface area is 176 Å². The zero-order chi connectivity index (χ0) is 20.9. The van der Waals surface area contributed by atoms with Gasteiger partial charge in [0.05, 0.1) is 11.0 Å². The summed E-state index contributed by atoms with van der Waals surface area (Å²) >= 11 is 0. The third-order valence-electron chi connectivity index (χ3n) is 4.91. The molecule has 0 fully saturated rings. The van der Waals surface area contributed by atoms with Crippen LogP contribution in [0.25, 0.3) is 11.0 Å². The molecule has 152 valence electrons. The van der Waals surface area contributed by atoms with E-state index >= 15 is 0 Å². The normalized spacial score (nSPS) is 10.9. The summed E-state index contributed by atoms with van der Waals surface area (Å²) in [6.07, 6.45) is 1.64. The molecule has 1 heterocycles. The van der Waals surface area contributed by atoms with Crippen molar-refractivity contribution in [2.24, 2.45) is 0 Å².